The van der Waals surface area contributed by atoms with Gasteiger partial charge in [-0.3, -0.25) is 14.5 Å². The van der Waals surface area contributed by atoms with E-state index in [1.54, 1.807) is 18.2 Å². The van der Waals surface area contributed by atoms with E-state index in [0.29, 0.717) is 24.6 Å². The van der Waals surface area contributed by atoms with Gasteiger partial charge in [0.2, 0.25) is 6.79 Å². The number of aromatic nitrogens is 1. The van der Waals surface area contributed by atoms with Crippen molar-refractivity contribution in [3.63, 3.8) is 0 Å². The lowest BCUT2D eigenvalue weighted by molar-refractivity contribution is 0.0949. The number of nitrogens with one attached hydrogen (secondary N) is 2. The summed E-state index contributed by atoms with van der Waals surface area (Å²) in [6, 6.07) is 12.6. The Morgan fingerprint density at radius 3 is 2.70 bits per heavy atom. The molecule has 3 aromatic rings. The Labute approximate surface area is 173 Å². The normalized spacial score (nSPS) is 12.4. The molecule has 0 atom stereocenters. The summed E-state index contributed by atoms with van der Waals surface area (Å²) in [5, 5.41) is 2.76. The van der Waals surface area contributed by atoms with Crippen molar-refractivity contribution in [3.05, 3.63) is 81.2 Å². The number of hydrogen-bond donors (Lipinski definition) is 2. The molecule has 0 fully saturated rings. The maximum Gasteiger partial charge on any atom is 0.261 e. The molecule has 0 saturated heterocycles. The van der Waals surface area contributed by atoms with Crippen LogP contribution in [0.5, 0.6) is 11.5 Å². The molecule has 0 unspecified atom stereocenters. The van der Waals surface area contributed by atoms with E-state index in [1.807, 2.05) is 43.1 Å². The molecule has 1 amide bonds. The molecule has 30 heavy (non-hydrogen) atoms. The number of pyridine rings is 1. The Kier molecular flexibility index (Phi) is 5.58. The van der Waals surface area contributed by atoms with Gasteiger partial charge < -0.3 is 24.2 Å². The van der Waals surface area contributed by atoms with E-state index >= 15 is 0 Å². The molecule has 0 saturated carbocycles. The Balaban J connectivity index is 1.35. The van der Waals surface area contributed by atoms with Gasteiger partial charge in [-0.25, -0.2) is 0 Å². The SMILES string of the molecule is Cc1ccc(CN(C)Cc2ccc(C(=O)NCc3ccc4c(c3)OCO4)c(=O)[nH]2)o1. The molecule has 1 aliphatic heterocycles. The number of rotatable bonds is 7. The quantitative estimate of drug-likeness (QED) is 0.623. The van der Waals surface area contributed by atoms with Crippen LogP contribution in [0.4, 0.5) is 0 Å². The van der Waals surface area contributed by atoms with Crippen molar-refractivity contribution in [1.29, 1.82) is 0 Å². The van der Waals surface area contributed by atoms with Gasteiger partial charge >= 0.3 is 0 Å². The predicted molar refractivity (Wildman–Crippen MR) is 109 cm³/mol. The number of aromatic amines is 1. The number of fused-ring (bicyclic) bond motifs is 1. The molecule has 156 valence electrons. The third kappa shape index (κ3) is 4.55. The Bertz CT molecular complexity index is 1120. The largest absolute Gasteiger partial charge is 0.465 e. The van der Waals surface area contributed by atoms with E-state index in [1.165, 1.54) is 0 Å². The summed E-state index contributed by atoms with van der Waals surface area (Å²) < 4.78 is 16.2. The van der Waals surface area contributed by atoms with Crippen LogP contribution in [0.15, 0.2) is 51.7 Å². The summed E-state index contributed by atoms with van der Waals surface area (Å²) in [7, 11) is 1.93. The third-order valence-corrected chi connectivity index (χ3v) is 4.77. The molecule has 0 spiro atoms. The molecule has 1 aliphatic rings. The van der Waals surface area contributed by atoms with Crippen LogP contribution in [0.2, 0.25) is 0 Å². The van der Waals surface area contributed by atoms with Crippen LogP contribution >= 0.6 is 0 Å². The summed E-state index contributed by atoms with van der Waals surface area (Å²) in [5.74, 6) is 2.63. The first-order valence-electron chi connectivity index (χ1n) is 9.61. The minimum absolute atomic E-state index is 0.0730. The second-order valence-electron chi connectivity index (χ2n) is 7.28. The molecule has 2 N–H and O–H groups in total. The van der Waals surface area contributed by atoms with Crippen LogP contribution in [-0.4, -0.2) is 29.6 Å². The van der Waals surface area contributed by atoms with Crippen molar-refractivity contribution in [3.8, 4) is 11.5 Å². The first kappa shape index (κ1) is 19.8. The monoisotopic (exact) mass is 409 g/mol. The number of furan rings is 1. The maximum atomic E-state index is 12.4. The van der Waals surface area contributed by atoms with Gasteiger partial charge in [0, 0.05) is 18.8 Å². The Hall–Kier alpha value is -3.52. The number of H-pyrrole nitrogens is 1. The van der Waals surface area contributed by atoms with E-state index in [9.17, 15) is 9.59 Å². The number of carbonyl (C=O) groups is 1. The highest BCUT2D eigenvalue weighted by Gasteiger charge is 2.15. The first-order valence-corrected chi connectivity index (χ1v) is 9.61. The minimum atomic E-state index is -0.431. The van der Waals surface area contributed by atoms with Crippen molar-refractivity contribution in [1.82, 2.24) is 15.2 Å². The van der Waals surface area contributed by atoms with Gasteiger partial charge in [0.1, 0.15) is 17.1 Å². The van der Waals surface area contributed by atoms with E-state index in [4.69, 9.17) is 13.9 Å². The van der Waals surface area contributed by atoms with E-state index in [-0.39, 0.29) is 18.9 Å². The molecule has 8 nitrogen and oxygen atoms in total. The minimum Gasteiger partial charge on any atom is -0.465 e. The lowest BCUT2D eigenvalue weighted by Crippen LogP contribution is -2.30. The molecule has 3 heterocycles. The fourth-order valence-corrected chi connectivity index (χ4v) is 3.30. The van der Waals surface area contributed by atoms with Gasteiger partial charge in [-0.05, 0) is 55.9 Å². The molecule has 0 bridgehead atoms. The average molecular weight is 409 g/mol. The summed E-state index contributed by atoms with van der Waals surface area (Å²) in [6.07, 6.45) is 0. The zero-order valence-electron chi connectivity index (χ0n) is 16.9. The third-order valence-electron chi connectivity index (χ3n) is 4.77. The van der Waals surface area contributed by atoms with E-state index in [0.717, 1.165) is 22.8 Å². The smallest absolute Gasteiger partial charge is 0.261 e. The number of ether oxygens (including phenoxy) is 2. The molecule has 0 radical (unpaired) electrons. The number of carbonyl (C=O) groups excluding carboxylic acids is 1. The zero-order chi connectivity index (χ0) is 21.1. The molecule has 2 aromatic heterocycles. The van der Waals surface area contributed by atoms with Crippen molar-refractivity contribution in [2.75, 3.05) is 13.8 Å². The topological polar surface area (TPSA) is 96.8 Å². The summed E-state index contributed by atoms with van der Waals surface area (Å²) in [6.45, 7) is 3.52. The summed E-state index contributed by atoms with van der Waals surface area (Å²) >= 11 is 0. The number of aryl methyl sites for hydroxylation is 1. The van der Waals surface area contributed by atoms with Crippen LogP contribution in [0, 0.1) is 6.92 Å². The zero-order valence-corrected chi connectivity index (χ0v) is 16.9. The first-order chi connectivity index (χ1) is 14.5. The van der Waals surface area contributed by atoms with Crippen LogP contribution < -0.4 is 20.3 Å². The van der Waals surface area contributed by atoms with Crippen molar-refractivity contribution in [2.45, 2.75) is 26.6 Å². The molecular weight excluding hydrogens is 386 g/mol. The second kappa shape index (κ2) is 8.46. The van der Waals surface area contributed by atoms with Crippen molar-refractivity contribution in [2.24, 2.45) is 0 Å². The van der Waals surface area contributed by atoms with E-state index < -0.39 is 11.5 Å². The molecule has 4 rings (SSSR count). The second-order valence-corrected chi connectivity index (χ2v) is 7.28. The number of benzene rings is 1. The fourth-order valence-electron chi connectivity index (χ4n) is 3.30. The highest BCUT2D eigenvalue weighted by Crippen LogP contribution is 2.32. The lowest BCUT2D eigenvalue weighted by Gasteiger charge is -2.15. The standard InChI is InChI=1S/C22H23N3O5/c1-14-3-6-17(30-14)12-25(2)11-16-5-7-18(22(27)24-16)21(26)23-10-15-4-8-19-20(9-15)29-13-28-19/h3-9H,10-13H2,1-2H3,(H,23,26)(H,24,27). The molecule has 0 aliphatic carbocycles. The van der Waals surface area contributed by atoms with Crippen LogP contribution in [0.1, 0.15) is 33.1 Å². The molecular formula is C22H23N3O5. The van der Waals surface area contributed by atoms with Crippen LogP contribution in [0.3, 0.4) is 0 Å². The van der Waals surface area contributed by atoms with Crippen LogP contribution in [-0.2, 0) is 19.6 Å². The van der Waals surface area contributed by atoms with Crippen LogP contribution in [0.25, 0.3) is 0 Å². The van der Waals surface area contributed by atoms with E-state index in [2.05, 4.69) is 10.3 Å². The van der Waals surface area contributed by atoms with Gasteiger partial charge in [0.05, 0.1) is 6.54 Å². The Morgan fingerprint density at radius 2 is 1.93 bits per heavy atom. The lowest BCUT2D eigenvalue weighted by atomic mass is 10.2. The van der Waals surface area contributed by atoms with Gasteiger partial charge in [0.25, 0.3) is 11.5 Å². The Morgan fingerprint density at radius 1 is 1.10 bits per heavy atom. The number of amides is 1. The number of nitrogens with zero attached hydrogens (tertiary/aromatic N) is 1. The summed E-state index contributed by atoms with van der Waals surface area (Å²) in [4.78, 5) is 29.6. The fraction of sp³-hybridized carbons (Fsp3) is 0.273. The van der Waals surface area contributed by atoms with Gasteiger partial charge in [-0.1, -0.05) is 6.07 Å². The van der Waals surface area contributed by atoms with Crippen molar-refractivity contribution < 1.29 is 18.7 Å². The van der Waals surface area contributed by atoms with Crippen molar-refractivity contribution >= 4 is 5.91 Å². The maximum absolute atomic E-state index is 12.4. The highest BCUT2D eigenvalue weighted by atomic mass is 16.7. The highest BCUT2D eigenvalue weighted by molar-refractivity contribution is 5.93. The molecule has 8 heteroatoms. The summed E-state index contributed by atoms with van der Waals surface area (Å²) in [5.41, 5.74) is 1.23. The molecule has 1 aromatic carbocycles. The van der Waals surface area contributed by atoms with Gasteiger partial charge in [-0.15, -0.1) is 0 Å². The number of hydrogen-bond acceptors (Lipinski definition) is 6. The van der Waals surface area contributed by atoms with Gasteiger partial charge in [-0.2, -0.15) is 0 Å². The predicted octanol–water partition coefficient (Wildman–Crippen LogP) is 2.57. The van der Waals surface area contributed by atoms with Gasteiger partial charge in [0.15, 0.2) is 11.5 Å². The average Bonchev–Trinajstić information content (AvgIpc) is 3.34.